The second-order valence-electron chi connectivity index (χ2n) is 5.89. The molecule has 0 aromatic carbocycles. The molecule has 0 radical (unpaired) electrons. The SMILES string of the molecule is CC1(C)CN(CC(=O)N2CCCC2=O)CC(CO)O1. The fourth-order valence-corrected chi connectivity index (χ4v) is 2.82. The summed E-state index contributed by atoms with van der Waals surface area (Å²) in [6.07, 6.45) is 0.962. The molecular weight excluding hydrogens is 248 g/mol. The van der Waals surface area contributed by atoms with Gasteiger partial charge in [0, 0.05) is 26.1 Å². The molecule has 6 heteroatoms. The number of hydrogen-bond donors (Lipinski definition) is 1. The predicted molar refractivity (Wildman–Crippen MR) is 68.4 cm³/mol. The maximum atomic E-state index is 12.1. The third kappa shape index (κ3) is 3.52. The lowest BCUT2D eigenvalue weighted by molar-refractivity contribution is -0.157. The second-order valence-corrected chi connectivity index (χ2v) is 5.89. The molecule has 2 amide bonds. The van der Waals surface area contributed by atoms with Gasteiger partial charge in [-0.15, -0.1) is 0 Å². The van der Waals surface area contributed by atoms with E-state index in [4.69, 9.17) is 4.74 Å². The molecular formula is C13H22N2O4. The number of imide groups is 1. The molecule has 0 spiro atoms. The fraction of sp³-hybridized carbons (Fsp3) is 0.846. The molecule has 2 aliphatic heterocycles. The first-order valence-corrected chi connectivity index (χ1v) is 6.75. The van der Waals surface area contributed by atoms with Crippen molar-refractivity contribution in [3.05, 3.63) is 0 Å². The van der Waals surface area contributed by atoms with Gasteiger partial charge >= 0.3 is 0 Å². The zero-order chi connectivity index (χ0) is 14.0. The van der Waals surface area contributed by atoms with Crippen molar-refractivity contribution >= 4 is 11.8 Å². The van der Waals surface area contributed by atoms with Gasteiger partial charge in [0.15, 0.2) is 0 Å². The molecule has 0 aromatic rings. The van der Waals surface area contributed by atoms with E-state index < -0.39 is 0 Å². The Morgan fingerprint density at radius 1 is 1.53 bits per heavy atom. The fourth-order valence-electron chi connectivity index (χ4n) is 2.82. The minimum Gasteiger partial charge on any atom is -0.394 e. The van der Waals surface area contributed by atoms with Crippen molar-refractivity contribution in [2.45, 2.75) is 38.4 Å². The van der Waals surface area contributed by atoms with Gasteiger partial charge in [0.25, 0.3) is 0 Å². The molecule has 0 aliphatic carbocycles. The van der Waals surface area contributed by atoms with Crippen LogP contribution in [0.5, 0.6) is 0 Å². The normalized spacial score (nSPS) is 27.8. The lowest BCUT2D eigenvalue weighted by Gasteiger charge is -2.42. The average Bonchev–Trinajstić information content (AvgIpc) is 2.73. The predicted octanol–water partition coefficient (Wildman–Crippen LogP) is -0.393. The Hall–Kier alpha value is -0.980. The maximum Gasteiger partial charge on any atom is 0.243 e. The molecule has 2 fully saturated rings. The van der Waals surface area contributed by atoms with Crippen LogP contribution in [0.25, 0.3) is 0 Å². The van der Waals surface area contributed by atoms with Crippen molar-refractivity contribution in [1.29, 1.82) is 0 Å². The van der Waals surface area contributed by atoms with Crippen molar-refractivity contribution in [1.82, 2.24) is 9.80 Å². The first-order valence-electron chi connectivity index (χ1n) is 6.75. The second kappa shape index (κ2) is 5.56. The van der Waals surface area contributed by atoms with E-state index in [9.17, 15) is 14.7 Å². The van der Waals surface area contributed by atoms with Crippen LogP contribution in [0.2, 0.25) is 0 Å². The highest BCUT2D eigenvalue weighted by atomic mass is 16.5. The molecule has 2 saturated heterocycles. The third-order valence-electron chi connectivity index (χ3n) is 3.49. The number of morpholine rings is 1. The summed E-state index contributed by atoms with van der Waals surface area (Å²) in [6.45, 7) is 5.71. The number of carbonyl (C=O) groups is 2. The van der Waals surface area contributed by atoms with Crippen LogP contribution < -0.4 is 0 Å². The third-order valence-corrected chi connectivity index (χ3v) is 3.49. The summed E-state index contributed by atoms with van der Waals surface area (Å²) in [4.78, 5) is 26.9. The van der Waals surface area contributed by atoms with Gasteiger partial charge in [-0.3, -0.25) is 19.4 Å². The van der Waals surface area contributed by atoms with Gasteiger partial charge in [-0.1, -0.05) is 0 Å². The molecule has 2 rings (SSSR count). The molecule has 0 bridgehead atoms. The van der Waals surface area contributed by atoms with Crippen LogP contribution in [0.1, 0.15) is 26.7 Å². The van der Waals surface area contributed by atoms with Gasteiger partial charge in [-0.25, -0.2) is 0 Å². The Morgan fingerprint density at radius 3 is 2.84 bits per heavy atom. The Kier molecular flexibility index (Phi) is 4.23. The van der Waals surface area contributed by atoms with E-state index in [1.807, 2.05) is 18.7 Å². The lowest BCUT2D eigenvalue weighted by Crippen LogP contribution is -2.56. The smallest absolute Gasteiger partial charge is 0.243 e. The highest BCUT2D eigenvalue weighted by Gasteiger charge is 2.35. The number of hydrogen-bond acceptors (Lipinski definition) is 5. The molecule has 1 N–H and O–H groups in total. The van der Waals surface area contributed by atoms with Gasteiger partial charge in [-0.05, 0) is 20.3 Å². The molecule has 0 aromatic heterocycles. The van der Waals surface area contributed by atoms with Crippen molar-refractivity contribution in [2.24, 2.45) is 0 Å². The molecule has 6 nitrogen and oxygen atoms in total. The number of ether oxygens (including phenoxy) is 1. The summed E-state index contributed by atoms with van der Waals surface area (Å²) in [5.74, 6) is -0.215. The quantitative estimate of drug-likeness (QED) is 0.756. The van der Waals surface area contributed by atoms with Crippen LogP contribution in [0.15, 0.2) is 0 Å². The van der Waals surface area contributed by atoms with E-state index in [-0.39, 0.29) is 36.7 Å². The van der Waals surface area contributed by atoms with Crippen molar-refractivity contribution in [2.75, 3.05) is 32.8 Å². The van der Waals surface area contributed by atoms with Crippen LogP contribution in [-0.4, -0.2) is 71.2 Å². The van der Waals surface area contributed by atoms with Gasteiger partial charge in [0.2, 0.25) is 11.8 Å². The van der Waals surface area contributed by atoms with Gasteiger partial charge in [-0.2, -0.15) is 0 Å². The number of aliphatic hydroxyl groups is 1. The number of aliphatic hydroxyl groups excluding tert-OH is 1. The Bertz CT molecular complexity index is 370. The molecule has 19 heavy (non-hydrogen) atoms. The van der Waals surface area contributed by atoms with E-state index in [1.54, 1.807) is 0 Å². The van der Waals surface area contributed by atoms with E-state index in [0.29, 0.717) is 26.1 Å². The summed E-state index contributed by atoms with van der Waals surface area (Å²) in [5.41, 5.74) is -0.388. The number of rotatable bonds is 3. The molecule has 2 heterocycles. The Morgan fingerprint density at radius 2 is 2.26 bits per heavy atom. The zero-order valence-corrected chi connectivity index (χ0v) is 11.6. The maximum absolute atomic E-state index is 12.1. The Labute approximate surface area is 113 Å². The standard InChI is InChI=1S/C13H22N2O4/c1-13(2)9-14(6-10(8-16)19-13)7-12(18)15-5-3-4-11(15)17/h10,16H,3-9H2,1-2H3. The topological polar surface area (TPSA) is 70.1 Å². The zero-order valence-electron chi connectivity index (χ0n) is 11.6. The van der Waals surface area contributed by atoms with E-state index in [0.717, 1.165) is 6.42 Å². The average molecular weight is 270 g/mol. The van der Waals surface area contributed by atoms with E-state index >= 15 is 0 Å². The summed E-state index contributed by atoms with van der Waals surface area (Å²) in [5, 5.41) is 9.23. The number of likely N-dealkylation sites (tertiary alicyclic amines) is 1. The van der Waals surface area contributed by atoms with Crippen LogP contribution in [0, 0.1) is 0 Å². The largest absolute Gasteiger partial charge is 0.394 e. The minimum atomic E-state index is -0.388. The van der Waals surface area contributed by atoms with Gasteiger partial charge in [0.05, 0.1) is 24.9 Å². The monoisotopic (exact) mass is 270 g/mol. The summed E-state index contributed by atoms with van der Waals surface area (Å²) >= 11 is 0. The molecule has 0 saturated carbocycles. The van der Waals surface area contributed by atoms with Crippen molar-refractivity contribution < 1.29 is 19.4 Å². The highest BCUT2D eigenvalue weighted by molar-refractivity contribution is 5.97. The molecule has 1 unspecified atom stereocenters. The van der Waals surface area contributed by atoms with Crippen LogP contribution in [0.3, 0.4) is 0 Å². The lowest BCUT2D eigenvalue weighted by atomic mass is 10.1. The van der Waals surface area contributed by atoms with E-state index in [2.05, 4.69) is 0 Å². The number of carbonyl (C=O) groups excluding carboxylic acids is 2. The van der Waals surface area contributed by atoms with Gasteiger partial charge in [0.1, 0.15) is 0 Å². The highest BCUT2D eigenvalue weighted by Crippen LogP contribution is 2.21. The van der Waals surface area contributed by atoms with Crippen LogP contribution in [-0.2, 0) is 14.3 Å². The number of amides is 2. The van der Waals surface area contributed by atoms with Gasteiger partial charge < -0.3 is 9.84 Å². The Balaban J connectivity index is 1.94. The van der Waals surface area contributed by atoms with Crippen molar-refractivity contribution in [3.8, 4) is 0 Å². The first-order chi connectivity index (χ1) is 8.91. The number of nitrogens with zero attached hydrogens (tertiary/aromatic N) is 2. The van der Waals surface area contributed by atoms with Crippen LogP contribution in [0.4, 0.5) is 0 Å². The summed E-state index contributed by atoms with van der Waals surface area (Å²) in [6, 6.07) is 0. The minimum absolute atomic E-state index is 0.0588. The molecule has 108 valence electrons. The van der Waals surface area contributed by atoms with Crippen LogP contribution >= 0.6 is 0 Å². The van der Waals surface area contributed by atoms with E-state index in [1.165, 1.54) is 4.90 Å². The first kappa shape index (κ1) is 14.4. The summed E-state index contributed by atoms with van der Waals surface area (Å²) in [7, 11) is 0. The van der Waals surface area contributed by atoms with Crippen molar-refractivity contribution in [3.63, 3.8) is 0 Å². The molecule has 2 aliphatic rings. The molecule has 1 atom stereocenters. The summed E-state index contributed by atoms with van der Waals surface area (Å²) < 4.78 is 5.70.